The molecule has 0 fully saturated rings. The lowest BCUT2D eigenvalue weighted by atomic mass is 10.2. The molecule has 0 radical (unpaired) electrons. The Balaban J connectivity index is 1.98. The first kappa shape index (κ1) is 15.0. The summed E-state index contributed by atoms with van der Waals surface area (Å²) in [7, 11) is 0. The second-order valence-electron chi connectivity index (χ2n) is 5.16. The van der Waals surface area contributed by atoms with Crippen LogP contribution in [0.5, 0.6) is 0 Å². The predicted octanol–water partition coefficient (Wildman–Crippen LogP) is 3.06. The number of rotatable bonds is 6. The zero-order valence-corrected chi connectivity index (χ0v) is 12.3. The molecule has 0 aliphatic rings. The topological polar surface area (TPSA) is 94.1 Å². The second kappa shape index (κ2) is 6.34. The summed E-state index contributed by atoms with van der Waals surface area (Å²) in [5.41, 5.74) is 1.42. The van der Waals surface area contributed by atoms with Gasteiger partial charge in [-0.3, -0.25) is 10.1 Å². The van der Waals surface area contributed by atoms with E-state index in [-0.39, 0.29) is 16.5 Å². The number of nitrogens with one attached hydrogen (secondary N) is 1. The molecule has 112 valence electrons. The summed E-state index contributed by atoms with van der Waals surface area (Å²) in [5.74, 6) is 1.42. The maximum Gasteiger partial charge on any atom is 0.292 e. The number of benzene rings is 1. The third-order valence-corrected chi connectivity index (χ3v) is 3.00. The summed E-state index contributed by atoms with van der Waals surface area (Å²) < 4.78 is 5.13. The van der Waals surface area contributed by atoms with Crippen molar-refractivity contribution in [1.82, 2.24) is 10.1 Å². The van der Waals surface area contributed by atoms with Crippen LogP contribution in [0.15, 0.2) is 22.7 Å². The molecular formula is C14H18N4O3. The predicted molar refractivity (Wildman–Crippen MR) is 78.4 cm³/mol. The lowest BCUT2D eigenvalue weighted by molar-refractivity contribution is -0.384. The molecule has 0 atom stereocenters. The normalized spacial score (nSPS) is 10.9. The van der Waals surface area contributed by atoms with Gasteiger partial charge in [-0.05, 0) is 18.6 Å². The summed E-state index contributed by atoms with van der Waals surface area (Å²) in [6.07, 6.45) is 0.519. The van der Waals surface area contributed by atoms with Crippen LogP contribution in [0.4, 0.5) is 11.4 Å². The summed E-state index contributed by atoms with van der Waals surface area (Å²) >= 11 is 0. The smallest absolute Gasteiger partial charge is 0.292 e. The number of hydrogen-bond donors (Lipinski definition) is 1. The van der Waals surface area contributed by atoms with E-state index in [0.717, 1.165) is 5.56 Å². The monoisotopic (exact) mass is 290 g/mol. The quantitative estimate of drug-likeness (QED) is 0.649. The van der Waals surface area contributed by atoms with Gasteiger partial charge in [-0.25, -0.2) is 0 Å². The van der Waals surface area contributed by atoms with Crippen LogP contribution in [0.2, 0.25) is 0 Å². The molecular weight excluding hydrogens is 272 g/mol. The van der Waals surface area contributed by atoms with Gasteiger partial charge in [0.1, 0.15) is 5.69 Å². The number of nitrogens with zero attached hydrogens (tertiary/aromatic N) is 3. The van der Waals surface area contributed by atoms with E-state index in [1.165, 1.54) is 0 Å². The zero-order chi connectivity index (χ0) is 15.4. The van der Waals surface area contributed by atoms with Crippen LogP contribution in [0.1, 0.15) is 37.0 Å². The minimum atomic E-state index is -0.390. The van der Waals surface area contributed by atoms with Crippen molar-refractivity contribution >= 4 is 11.4 Å². The van der Waals surface area contributed by atoms with E-state index in [0.29, 0.717) is 30.4 Å². The van der Waals surface area contributed by atoms with Gasteiger partial charge in [0.15, 0.2) is 5.82 Å². The molecule has 0 unspecified atom stereocenters. The van der Waals surface area contributed by atoms with Crippen LogP contribution in [0.25, 0.3) is 0 Å². The lowest BCUT2D eigenvalue weighted by Gasteiger charge is -2.06. The van der Waals surface area contributed by atoms with Crippen LogP contribution in [-0.4, -0.2) is 21.6 Å². The highest BCUT2D eigenvalue weighted by Crippen LogP contribution is 2.25. The maximum absolute atomic E-state index is 11.0. The zero-order valence-electron chi connectivity index (χ0n) is 12.3. The van der Waals surface area contributed by atoms with Gasteiger partial charge in [-0.1, -0.05) is 25.1 Å². The third kappa shape index (κ3) is 3.77. The summed E-state index contributed by atoms with van der Waals surface area (Å²) in [6.45, 7) is 6.29. The fourth-order valence-corrected chi connectivity index (χ4v) is 1.85. The molecule has 7 nitrogen and oxygen atoms in total. The lowest BCUT2D eigenvalue weighted by Crippen LogP contribution is -2.07. The van der Waals surface area contributed by atoms with E-state index < -0.39 is 0 Å². The number of anilines is 1. The molecule has 0 aliphatic heterocycles. The van der Waals surface area contributed by atoms with Gasteiger partial charge in [0, 0.05) is 24.9 Å². The van der Waals surface area contributed by atoms with Crippen molar-refractivity contribution in [2.24, 2.45) is 0 Å². The van der Waals surface area contributed by atoms with Gasteiger partial charge >= 0.3 is 0 Å². The summed E-state index contributed by atoms with van der Waals surface area (Å²) in [6, 6.07) is 5.09. The standard InChI is InChI=1S/C14H18N4O3/c1-9(2)14-16-13(21-17-14)6-7-15-11-5-4-10(3)8-12(11)18(19)20/h4-5,8-9,15H,6-7H2,1-3H3. The Hall–Kier alpha value is -2.44. The SMILES string of the molecule is Cc1ccc(NCCc2nc(C(C)C)no2)c([N+](=O)[O-])c1. The molecule has 21 heavy (non-hydrogen) atoms. The number of aryl methyl sites for hydroxylation is 1. The first-order valence-corrected chi connectivity index (χ1v) is 6.78. The highest BCUT2D eigenvalue weighted by molar-refractivity contribution is 5.62. The van der Waals surface area contributed by atoms with Crippen molar-refractivity contribution in [2.45, 2.75) is 33.1 Å². The van der Waals surface area contributed by atoms with Gasteiger partial charge in [-0.2, -0.15) is 4.98 Å². The summed E-state index contributed by atoms with van der Waals surface area (Å²) in [5, 5.41) is 17.9. The van der Waals surface area contributed by atoms with Crippen LogP contribution in [0, 0.1) is 17.0 Å². The molecule has 0 bridgehead atoms. The highest BCUT2D eigenvalue weighted by Gasteiger charge is 2.14. The Morgan fingerprint density at radius 3 is 2.81 bits per heavy atom. The Kier molecular flexibility index (Phi) is 4.52. The van der Waals surface area contributed by atoms with Crippen LogP contribution < -0.4 is 5.32 Å². The molecule has 7 heteroatoms. The van der Waals surface area contributed by atoms with Gasteiger partial charge in [0.25, 0.3) is 5.69 Å². The Bertz CT molecular complexity index is 637. The van der Waals surface area contributed by atoms with Crippen molar-refractivity contribution in [3.8, 4) is 0 Å². The molecule has 0 amide bonds. The molecule has 0 saturated heterocycles. The fourth-order valence-electron chi connectivity index (χ4n) is 1.85. The highest BCUT2D eigenvalue weighted by atomic mass is 16.6. The largest absolute Gasteiger partial charge is 0.379 e. The minimum absolute atomic E-state index is 0.0726. The van der Waals surface area contributed by atoms with Gasteiger partial charge in [0.2, 0.25) is 5.89 Å². The van der Waals surface area contributed by atoms with E-state index in [2.05, 4.69) is 15.5 Å². The Labute approximate surface area is 122 Å². The molecule has 1 N–H and O–H groups in total. The average molecular weight is 290 g/mol. The van der Waals surface area contributed by atoms with Crippen LogP contribution in [-0.2, 0) is 6.42 Å². The third-order valence-electron chi connectivity index (χ3n) is 3.00. The molecule has 0 aliphatic carbocycles. The molecule has 1 aromatic carbocycles. The number of aromatic nitrogens is 2. The molecule has 2 rings (SSSR count). The number of nitro benzene ring substituents is 1. The second-order valence-corrected chi connectivity index (χ2v) is 5.16. The number of nitro groups is 1. The van der Waals surface area contributed by atoms with Gasteiger partial charge < -0.3 is 9.84 Å². The molecule has 2 aromatic rings. The van der Waals surface area contributed by atoms with E-state index in [1.807, 2.05) is 26.8 Å². The van der Waals surface area contributed by atoms with E-state index in [1.54, 1.807) is 12.1 Å². The minimum Gasteiger partial charge on any atom is -0.379 e. The number of hydrogen-bond acceptors (Lipinski definition) is 6. The van der Waals surface area contributed by atoms with Crippen molar-refractivity contribution < 1.29 is 9.45 Å². The average Bonchev–Trinajstić information content (AvgIpc) is 2.89. The first-order valence-electron chi connectivity index (χ1n) is 6.78. The maximum atomic E-state index is 11.0. The van der Waals surface area contributed by atoms with Gasteiger partial charge in [-0.15, -0.1) is 0 Å². The molecule has 1 heterocycles. The molecule has 1 aromatic heterocycles. The van der Waals surface area contributed by atoms with Crippen molar-refractivity contribution in [3.05, 3.63) is 45.6 Å². The Morgan fingerprint density at radius 1 is 1.43 bits per heavy atom. The molecule has 0 spiro atoms. The summed E-state index contributed by atoms with van der Waals surface area (Å²) in [4.78, 5) is 14.9. The van der Waals surface area contributed by atoms with E-state index >= 15 is 0 Å². The van der Waals surface area contributed by atoms with Gasteiger partial charge in [0.05, 0.1) is 4.92 Å². The fraction of sp³-hybridized carbons (Fsp3) is 0.429. The van der Waals surface area contributed by atoms with E-state index in [4.69, 9.17) is 4.52 Å². The van der Waals surface area contributed by atoms with Crippen LogP contribution >= 0.6 is 0 Å². The van der Waals surface area contributed by atoms with Crippen molar-refractivity contribution in [1.29, 1.82) is 0 Å². The molecule has 0 saturated carbocycles. The van der Waals surface area contributed by atoms with Crippen LogP contribution in [0.3, 0.4) is 0 Å². The Morgan fingerprint density at radius 2 is 2.19 bits per heavy atom. The first-order chi connectivity index (χ1) is 9.97. The van der Waals surface area contributed by atoms with Crippen molar-refractivity contribution in [3.63, 3.8) is 0 Å². The van der Waals surface area contributed by atoms with E-state index in [9.17, 15) is 10.1 Å². The van der Waals surface area contributed by atoms with Crippen molar-refractivity contribution in [2.75, 3.05) is 11.9 Å².